The highest BCUT2D eigenvalue weighted by Gasteiger charge is 2.52. The Bertz CT molecular complexity index is 317. The molecule has 4 saturated carbocycles. The monoisotopic (exact) mass is 282 g/mol. The lowest BCUT2D eigenvalue weighted by atomic mass is 9.56. The predicted molar refractivity (Wildman–Crippen MR) is 79.4 cm³/mol. The van der Waals surface area contributed by atoms with Crippen LogP contribution < -0.4 is 0 Å². The molecule has 3 heteroatoms. The lowest BCUT2D eigenvalue weighted by Gasteiger charge is -2.57. The zero-order valence-corrected chi connectivity index (χ0v) is 12.8. The van der Waals surface area contributed by atoms with E-state index in [9.17, 15) is 9.90 Å². The molecular formula is C16H26O2S. The lowest BCUT2D eigenvalue weighted by molar-refractivity contribution is -0.136. The lowest BCUT2D eigenvalue weighted by Crippen LogP contribution is -2.49. The van der Waals surface area contributed by atoms with Crippen molar-refractivity contribution in [1.82, 2.24) is 0 Å². The quantitative estimate of drug-likeness (QED) is 0.787. The Labute approximate surface area is 120 Å². The van der Waals surface area contributed by atoms with Crippen LogP contribution in [0.3, 0.4) is 0 Å². The Morgan fingerprint density at radius 1 is 1.21 bits per heavy atom. The Morgan fingerprint density at radius 2 is 1.74 bits per heavy atom. The maximum Gasteiger partial charge on any atom is 0.316 e. The number of hydrogen-bond acceptors (Lipinski definition) is 2. The first-order valence-corrected chi connectivity index (χ1v) is 8.89. The summed E-state index contributed by atoms with van der Waals surface area (Å²) < 4.78 is 0.339. The van der Waals surface area contributed by atoms with Gasteiger partial charge >= 0.3 is 5.97 Å². The molecule has 0 heterocycles. The van der Waals surface area contributed by atoms with Gasteiger partial charge in [-0.15, -0.1) is 11.8 Å². The second-order valence-electron chi connectivity index (χ2n) is 7.19. The van der Waals surface area contributed by atoms with Crippen LogP contribution >= 0.6 is 11.8 Å². The first-order valence-electron chi connectivity index (χ1n) is 8.01. The third-order valence-electron chi connectivity index (χ3n) is 5.47. The summed E-state index contributed by atoms with van der Waals surface area (Å²) >= 11 is 1.85. The molecule has 1 atom stereocenters. The van der Waals surface area contributed by atoms with Gasteiger partial charge in [0.25, 0.3) is 0 Å². The second kappa shape index (κ2) is 5.31. The van der Waals surface area contributed by atoms with E-state index < -0.39 is 5.97 Å². The molecule has 0 radical (unpaired) electrons. The fourth-order valence-electron chi connectivity index (χ4n) is 5.10. The number of hydrogen-bond donors (Lipinski definition) is 1. The molecule has 0 spiro atoms. The summed E-state index contributed by atoms with van der Waals surface area (Å²) in [5, 5.41) is 9.32. The van der Waals surface area contributed by atoms with Gasteiger partial charge in [-0.05, 0) is 62.7 Å². The fraction of sp³-hybridized carbons (Fsp3) is 0.938. The number of rotatable bonds is 6. The molecule has 1 N–H and O–H groups in total. The van der Waals surface area contributed by atoms with E-state index in [0.717, 1.165) is 37.0 Å². The molecule has 0 aliphatic heterocycles. The van der Waals surface area contributed by atoms with Gasteiger partial charge in [0.15, 0.2) is 0 Å². The van der Waals surface area contributed by atoms with Gasteiger partial charge in [0.05, 0.1) is 0 Å². The molecule has 0 aromatic heterocycles. The van der Waals surface area contributed by atoms with Gasteiger partial charge in [0, 0.05) is 4.75 Å². The summed E-state index contributed by atoms with van der Waals surface area (Å²) in [6.45, 7) is 2.15. The molecule has 4 rings (SSSR count). The van der Waals surface area contributed by atoms with E-state index in [-0.39, 0.29) is 5.25 Å². The van der Waals surface area contributed by atoms with Crippen molar-refractivity contribution in [3.63, 3.8) is 0 Å². The maximum absolute atomic E-state index is 11.5. The molecular weight excluding hydrogens is 256 g/mol. The number of carboxylic acids is 1. The van der Waals surface area contributed by atoms with Crippen LogP contribution in [0.1, 0.15) is 64.7 Å². The summed E-state index contributed by atoms with van der Waals surface area (Å²) in [6.07, 6.45) is 11.2. The van der Waals surface area contributed by atoms with Crippen LogP contribution in [0.25, 0.3) is 0 Å². The van der Waals surface area contributed by atoms with E-state index in [1.165, 1.54) is 38.5 Å². The molecule has 108 valence electrons. The molecule has 19 heavy (non-hydrogen) atoms. The topological polar surface area (TPSA) is 37.3 Å². The van der Waals surface area contributed by atoms with Crippen LogP contribution in [0.2, 0.25) is 0 Å². The largest absolute Gasteiger partial charge is 0.480 e. The SMILES string of the molecule is CCCCC(SC12CC3CC(CC(C3)C1)C2)C(=O)O. The third-order valence-corrected chi connectivity index (χ3v) is 7.19. The average molecular weight is 282 g/mol. The molecule has 4 bridgehead atoms. The minimum absolute atomic E-state index is 0.156. The summed E-state index contributed by atoms with van der Waals surface area (Å²) in [5.74, 6) is 2.17. The number of carbonyl (C=O) groups is 1. The molecule has 0 aromatic rings. The number of aliphatic carboxylic acids is 1. The molecule has 0 aromatic carbocycles. The first kappa shape index (κ1) is 13.8. The van der Waals surface area contributed by atoms with Crippen LogP contribution in [-0.2, 0) is 4.79 Å². The van der Waals surface area contributed by atoms with Gasteiger partial charge in [0.2, 0.25) is 0 Å². The zero-order chi connectivity index (χ0) is 13.5. The standard InChI is InChI=1S/C16H26O2S/c1-2-3-4-14(15(17)18)19-16-8-11-5-12(9-16)7-13(6-11)10-16/h11-14H,2-10H2,1H3,(H,17,18). The van der Waals surface area contributed by atoms with Gasteiger partial charge in [-0.3, -0.25) is 4.79 Å². The van der Waals surface area contributed by atoms with Gasteiger partial charge in [-0.2, -0.15) is 0 Å². The maximum atomic E-state index is 11.5. The zero-order valence-electron chi connectivity index (χ0n) is 11.9. The van der Waals surface area contributed by atoms with Crippen molar-refractivity contribution < 1.29 is 9.90 Å². The predicted octanol–water partition coefficient (Wildman–Crippen LogP) is 4.33. The van der Waals surface area contributed by atoms with Gasteiger partial charge < -0.3 is 5.11 Å². The Morgan fingerprint density at radius 3 is 2.16 bits per heavy atom. The Hall–Kier alpha value is -0.180. The molecule has 1 unspecified atom stereocenters. The minimum Gasteiger partial charge on any atom is -0.480 e. The number of unbranched alkanes of at least 4 members (excludes halogenated alkanes) is 1. The van der Waals surface area contributed by atoms with Crippen molar-refractivity contribution >= 4 is 17.7 Å². The van der Waals surface area contributed by atoms with Crippen molar-refractivity contribution in [2.75, 3.05) is 0 Å². The van der Waals surface area contributed by atoms with Crippen molar-refractivity contribution in [2.24, 2.45) is 17.8 Å². The van der Waals surface area contributed by atoms with Crippen molar-refractivity contribution in [1.29, 1.82) is 0 Å². The van der Waals surface area contributed by atoms with E-state index in [2.05, 4.69) is 6.92 Å². The van der Waals surface area contributed by atoms with E-state index in [4.69, 9.17) is 0 Å². The molecule has 0 amide bonds. The van der Waals surface area contributed by atoms with Crippen molar-refractivity contribution in [3.05, 3.63) is 0 Å². The summed E-state index contributed by atoms with van der Waals surface area (Å²) in [6, 6.07) is 0. The third kappa shape index (κ3) is 2.81. The van der Waals surface area contributed by atoms with Crippen LogP contribution in [0.5, 0.6) is 0 Å². The van der Waals surface area contributed by atoms with Crippen LogP contribution in [-0.4, -0.2) is 21.1 Å². The highest BCUT2D eigenvalue weighted by atomic mass is 32.2. The molecule has 4 aliphatic rings. The van der Waals surface area contributed by atoms with Gasteiger partial charge in [0.1, 0.15) is 5.25 Å². The van der Waals surface area contributed by atoms with E-state index in [0.29, 0.717) is 4.75 Å². The normalized spacial score (nSPS) is 41.4. The van der Waals surface area contributed by atoms with Crippen molar-refractivity contribution in [2.45, 2.75) is 74.7 Å². The highest BCUT2D eigenvalue weighted by molar-refractivity contribution is 8.01. The molecule has 0 saturated heterocycles. The smallest absolute Gasteiger partial charge is 0.316 e. The minimum atomic E-state index is -0.575. The molecule has 2 nitrogen and oxygen atoms in total. The van der Waals surface area contributed by atoms with E-state index in [1.54, 1.807) is 0 Å². The van der Waals surface area contributed by atoms with Crippen LogP contribution in [0, 0.1) is 17.8 Å². The van der Waals surface area contributed by atoms with Crippen LogP contribution in [0.4, 0.5) is 0 Å². The average Bonchev–Trinajstić information content (AvgIpc) is 2.32. The molecule has 4 fully saturated rings. The van der Waals surface area contributed by atoms with Gasteiger partial charge in [-0.1, -0.05) is 19.8 Å². The second-order valence-corrected chi connectivity index (χ2v) is 8.86. The van der Waals surface area contributed by atoms with Gasteiger partial charge in [-0.25, -0.2) is 0 Å². The van der Waals surface area contributed by atoms with Crippen molar-refractivity contribution in [3.8, 4) is 0 Å². The Balaban J connectivity index is 1.68. The summed E-state index contributed by atoms with van der Waals surface area (Å²) in [4.78, 5) is 11.5. The highest BCUT2D eigenvalue weighted by Crippen LogP contribution is 2.61. The number of carboxylic acid groups (broad SMARTS) is 1. The first-order chi connectivity index (χ1) is 9.10. The number of thioether (sulfide) groups is 1. The summed E-state index contributed by atoms with van der Waals surface area (Å²) in [7, 11) is 0. The fourth-order valence-corrected chi connectivity index (χ4v) is 7.08. The summed E-state index contributed by atoms with van der Waals surface area (Å²) in [5.41, 5.74) is 0. The van der Waals surface area contributed by atoms with Crippen LogP contribution in [0.15, 0.2) is 0 Å². The Kier molecular flexibility index (Phi) is 3.85. The van der Waals surface area contributed by atoms with E-state index >= 15 is 0 Å². The van der Waals surface area contributed by atoms with E-state index in [1.807, 2.05) is 11.8 Å². The molecule has 4 aliphatic carbocycles.